The highest BCUT2D eigenvalue weighted by Crippen LogP contribution is 2.32. The zero-order valence-corrected chi connectivity index (χ0v) is 18.1. The van der Waals surface area contributed by atoms with Gasteiger partial charge >= 0.3 is 0 Å². The van der Waals surface area contributed by atoms with Crippen molar-refractivity contribution in [1.82, 2.24) is 10.2 Å². The molecular formula is C24H30N2O4. The van der Waals surface area contributed by atoms with Crippen molar-refractivity contribution in [3.05, 3.63) is 59.7 Å². The van der Waals surface area contributed by atoms with Crippen LogP contribution in [-0.2, 0) is 22.6 Å². The molecule has 0 aromatic heterocycles. The van der Waals surface area contributed by atoms with Crippen molar-refractivity contribution in [2.45, 2.75) is 58.7 Å². The highest BCUT2D eigenvalue weighted by Gasteiger charge is 2.28. The summed E-state index contributed by atoms with van der Waals surface area (Å²) in [6, 6.07) is 14.9. The molecule has 1 heterocycles. The van der Waals surface area contributed by atoms with Gasteiger partial charge in [-0.3, -0.25) is 9.59 Å². The van der Waals surface area contributed by atoms with Crippen LogP contribution < -0.4 is 14.8 Å². The molecule has 0 bridgehead atoms. The minimum absolute atomic E-state index is 0.0620. The standard InChI is InChI=1S/C24H30N2O4/c1-17(23(28)25-24(2,3)4)26(15-19-8-6-5-7-9-19)22(27)13-11-18-10-12-20-21(14-18)30-16-29-20/h5-10,12,14,17H,11,13,15-16H2,1-4H3,(H,25,28)/t17-/m0/s1. The first kappa shape index (κ1) is 21.7. The van der Waals surface area contributed by atoms with Gasteiger partial charge in [-0.15, -0.1) is 0 Å². The molecule has 1 N–H and O–H groups in total. The number of carbonyl (C=O) groups is 2. The van der Waals surface area contributed by atoms with E-state index in [0.717, 1.165) is 16.9 Å². The summed E-state index contributed by atoms with van der Waals surface area (Å²) in [7, 11) is 0. The van der Waals surface area contributed by atoms with E-state index in [1.807, 2.05) is 69.3 Å². The maximum atomic E-state index is 13.2. The van der Waals surface area contributed by atoms with E-state index in [2.05, 4.69) is 5.32 Å². The molecule has 1 aliphatic heterocycles. The Hall–Kier alpha value is -3.02. The molecule has 0 fully saturated rings. The van der Waals surface area contributed by atoms with Crippen LogP contribution in [-0.4, -0.2) is 35.1 Å². The molecule has 2 aromatic rings. The Morgan fingerprint density at radius 2 is 1.73 bits per heavy atom. The van der Waals surface area contributed by atoms with Crippen LogP contribution in [0.15, 0.2) is 48.5 Å². The van der Waals surface area contributed by atoms with Gasteiger partial charge in [-0.2, -0.15) is 0 Å². The number of nitrogens with zero attached hydrogens (tertiary/aromatic N) is 1. The van der Waals surface area contributed by atoms with Crippen molar-refractivity contribution >= 4 is 11.8 Å². The van der Waals surface area contributed by atoms with Gasteiger partial charge in [0.2, 0.25) is 18.6 Å². The van der Waals surface area contributed by atoms with Crippen LogP contribution in [0.3, 0.4) is 0 Å². The smallest absolute Gasteiger partial charge is 0.242 e. The summed E-state index contributed by atoms with van der Waals surface area (Å²) in [6.45, 7) is 8.19. The third-order valence-electron chi connectivity index (χ3n) is 4.93. The number of hydrogen-bond acceptors (Lipinski definition) is 4. The van der Waals surface area contributed by atoms with Crippen LogP contribution in [0.5, 0.6) is 11.5 Å². The first-order valence-corrected chi connectivity index (χ1v) is 10.3. The Kier molecular flexibility index (Phi) is 6.65. The molecule has 2 aromatic carbocycles. The van der Waals surface area contributed by atoms with Gasteiger partial charge in [0, 0.05) is 18.5 Å². The zero-order valence-electron chi connectivity index (χ0n) is 18.1. The fourth-order valence-corrected chi connectivity index (χ4v) is 3.33. The Labute approximate surface area is 178 Å². The number of fused-ring (bicyclic) bond motifs is 1. The van der Waals surface area contributed by atoms with Crippen molar-refractivity contribution in [3.8, 4) is 11.5 Å². The molecule has 1 aliphatic rings. The van der Waals surface area contributed by atoms with Gasteiger partial charge in [0.05, 0.1) is 0 Å². The number of amides is 2. The third kappa shape index (κ3) is 5.75. The van der Waals surface area contributed by atoms with Crippen molar-refractivity contribution in [1.29, 1.82) is 0 Å². The van der Waals surface area contributed by atoms with Crippen molar-refractivity contribution < 1.29 is 19.1 Å². The number of nitrogens with one attached hydrogen (secondary N) is 1. The number of benzene rings is 2. The zero-order chi connectivity index (χ0) is 21.7. The van der Waals surface area contributed by atoms with Crippen molar-refractivity contribution in [3.63, 3.8) is 0 Å². The van der Waals surface area contributed by atoms with Crippen molar-refractivity contribution in [2.24, 2.45) is 0 Å². The summed E-state index contributed by atoms with van der Waals surface area (Å²) in [4.78, 5) is 27.6. The lowest BCUT2D eigenvalue weighted by Gasteiger charge is -2.31. The number of carbonyl (C=O) groups excluding carboxylic acids is 2. The molecule has 1 atom stereocenters. The molecular weight excluding hydrogens is 380 g/mol. The van der Waals surface area contributed by atoms with E-state index < -0.39 is 6.04 Å². The summed E-state index contributed by atoms with van der Waals surface area (Å²) in [5.74, 6) is 1.21. The van der Waals surface area contributed by atoms with E-state index in [4.69, 9.17) is 9.47 Å². The molecule has 3 rings (SSSR count). The number of rotatable bonds is 7. The molecule has 160 valence electrons. The predicted octanol–water partition coefficient (Wildman–Crippen LogP) is 3.68. The Balaban J connectivity index is 1.71. The summed E-state index contributed by atoms with van der Waals surface area (Å²) in [5, 5.41) is 2.98. The van der Waals surface area contributed by atoms with Crippen LogP contribution in [0.4, 0.5) is 0 Å². The largest absolute Gasteiger partial charge is 0.454 e. The Morgan fingerprint density at radius 1 is 1.03 bits per heavy atom. The summed E-state index contributed by atoms with van der Waals surface area (Å²) in [6.07, 6.45) is 0.869. The Morgan fingerprint density at radius 3 is 2.43 bits per heavy atom. The number of aryl methyl sites for hydroxylation is 1. The van der Waals surface area contributed by atoms with E-state index in [9.17, 15) is 9.59 Å². The average molecular weight is 411 g/mol. The molecule has 0 saturated carbocycles. The fourth-order valence-electron chi connectivity index (χ4n) is 3.33. The summed E-state index contributed by atoms with van der Waals surface area (Å²) < 4.78 is 10.8. The summed E-state index contributed by atoms with van der Waals surface area (Å²) in [5.41, 5.74) is 1.63. The molecule has 0 aliphatic carbocycles. The molecule has 30 heavy (non-hydrogen) atoms. The minimum atomic E-state index is -0.575. The molecule has 0 radical (unpaired) electrons. The first-order valence-electron chi connectivity index (χ1n) is 10.3. The van der Waals surface area contributed by atoms with Gasteiger partial charge in [0.1, 0.15) is 6.04 Å². The third-order valence-corrected chi connectivity index (χ3v) is 4.93. The van der Waals surface area contributed by atoms with Crippen LogP contribution in [0, 0.1) is 0 Å². The quantitative estimate of drug-likeness (QED) is 0.756. The van der Waals surface area contributed by atoms with Gasteiger partial charge in [0.15, 0.2) is 11.5 Å². The maximum Gasteiger partial charge on any atom is 0.242 e. The van der Waals surface area contributed by atoms with E-state index in [1.165, 1.54) is 0 Å². The van der Waals surface area contributed by atoms with Gasteiger partial charge in [-0.05, 0) is 57.4 Å². The van der Waals surface area contributed by atoms with Gasteiger partial charge in [0.25, 0.3) is 0 Å². The number of ether oxygens (including phenoxy) is 2. The van der Waals surface area contributed by atoms with Crippen molar-refractivity contribution in [2.75, 3.05) is 6.79 Å². The molecule has 0 unspecified atom stereocenters. The molecule has 0 spiro atoms. The van der Waals surface area contributed by atoms with Gasteiger partial charge in [-0.25, -0.2) is 0 Å². The lowest BCUT2D eigenvalue weighted by atomic mass is 10.1. The fraction of sp³-hybridized carbons (Fsp3) is 0.417. The van der Waals surface area contributed by atoms with Crippen LogP contribution >= 0.6 is 0 Å². The van der Waals surface area contributed by atoms with Crippen LogP contribution in [0.25, 0.3) is 0 Å². The second-order valence-corrected chi connectivity index (χ2v) is 8.61. The van der Waals surface area contributed by atoms with E-state index >= 15 is 0 Å². The monoisotopic (exact) mass is 410 g/mol. The SMILES string of the molecule is C[C@@H](C(=O)NC(C)(C)C)N(Cc1ccccc1)C(=O)CCc1ccc2c(c1)OCO2. The van der Waals surface area contributed by atoms with E-state index in [-0.39, 0.29) is 24.1 Å². The predicted molar refractivity (Wildman–Crippen MR) is 115 cm³/mol. The van der Waals surface area contributed by atoms with E-state index in [0.29, 0.717) is 25.1 Å². The van der Waals surface area contributed by atoms with E-state index in [1.54, 1.807) is 11.8 Å². The molecule has 6 heteroatoms. The second kappa shape index (κ2) is 9.20. The normalized spacial score (nSPS) is 13.6. The number of hydrogen-bond donors (Lipinski definition) is 1. The lowest BCUT2D eigenvalue weighted by Crippen LogP contribution is -2.52. The second-order valence-electron chi connectivity index (χ2n) is 8.61. The maximum absolute atomic E-state index is 13.2. The minimum Gasteiger partial charge on any atom is -0.454 e. The first-order chi connectivity index (χ1) is 14.2. The lowest BCUT2D eigenvalue weighted by molar-refractivity contribution is -0.141. The van der Waals surface area contributed by atoms with Crippen LogP contribution in [0.1, 0.15) is 45.2 Å². The molecule has 0 saturated heterocycles. The van der Waals surface area contributed by atoms with Gasteiger partial charge < -0.3 is 19.7 Å². The Bertz CT molecular complexity index is 890. The highest BCUT2D eigenvalue weighted by atomic mass is 16.7. The molecule has 6 nitrogen and oxygen atoms in total. The highest BCUT2D eigenvalue weighted by molar-refractivity contribution is 5.87. The van der Waals surface area contributed by atoms with Crippen LogP contribution in [0.2, 0.25) is 0 Å². The summed E-state index contributed by atoms with van der Waals surface area (Å²) >= 11 is 0. The average Bonchev–Trinajstić information content (AvgIpc) is 3.17. The van der Waals surface area contributed by atoms with Gasteiger partial charge in [-0.1, -0.05) is 36.4 Å². The molecule has 2 amide bonds. The topological polar surface area (TPSA) is 67.9 Å².